The molecular weight excluding hydrogens is 630 g/mol. The lowest BCUT2D eigenvalue weighted by molar-refractivity contribution is -0.140. The average molecular weight is 672 g/mol. The lowest BCUT2D eigenvalue weighted by atomic mass is 10.0. The second-order valence-corrected chi connectivity index (χ2v) is 14.8. The molecule has 7 nitrogen and oxygen atoms in total. The van der Waals surface area contributed by atoms with Gasteiger partial charge in [0.1, 0.15) is 12.6 Å². The maximum absolute atomic E-state index is 14.7. The van der Waals surface area contributed by atoms with Gasteiger partial charge in [0, 0.05) is 24.0 Å². The van der Waals surface area contributed by atoms with E-state index >= 15 is 0 Å². The topological polar surface area (TPSA) is 86.8 Å². The molecule has 246 valence electrons. The number of anilines is 1. The zero-order valence-corrected chi connectivity index (χ0v) is 28.7. The molecule has 1 N–H and O–H groups in total. The van der Waals surface area contributed by atoms with Gasteiger partial charge in [-0.05, 0) is 92.3 Å². The number of hydrogen-bond acceptors (Lipinski definition) is 4. The molecule has 5 rings (SSSR count). The number of nitrogens with zero attached hydrogens (tertiary/aromatic N) is 2. The molecular formula is C38H42ClN3O4S. The van der Waals surface area contributed by atoms with E-state index in [-0.39, 0.29) is 29.8 Å². The van der Waals surface area contributed by atoms with Gasteiger partial charge in [-0.3, -0.25) is 13.9 Å². The van der Waals surface area contributed by atoms with Gasteiger partial charge in [-0.15, -0.1) is 0 Å². The van der Waals surface area contributed by atoms with Crippen LogP contribution in [0.25, 0.3) is 0 Å². The molecule has 0 radical (unpaired) electrons. The summed E-state index contributed by atoms with van der Waals surface area (Å²) in [5, 5.41) is 3.71. The SMILES string of the molecule is Cc1ccc(S(=O)(=O)N(CC(=O)N(Cc2cccc(Cl)c2)[C@@H](Cc2ccccc2)C(=O)NC2CCCC2)c2cc(C)cc(C)c2)cc1. The molecule has 0 saturated heterocycles. The first-order valence-corrected chi connectivity index (χ1v) is 17.9. The number of amides is 2. The van der Waals surface area contributed by atoms with Crippen LogP contribution in [0.4, 0.5) is 5.69 Å². The van der Waals surface area contributed by atoms with E-state index in [0.717, 1.165) is 53.5 Å². The molecule has 4 aromatic carbocycles. The van der Waals surface area contributed by atoms with Gasteiger partial charge in [0.15, 0.2) is 0 Å². The highest BCUT2D eigenvalue weighted by molar-refractivity contribution is 7.92. The first-order chi connectivity index (χ1) is 22.5. The highest BCUT2D eigenvalue weighted by Gasteiger charge is 2.35. The summed E-state index contributed by atoms with van der Waals surface area (Å²) in [7, 11) is -4.17. The Morgan fingerprint density at radius 3 is 2.09 bits per heavy atom. The summed E-state index contributed by atoms with van der Waals surface area (Å²) in [4.78, 5) is 30.4. The van der Waals surface area contributed by atoms with E-state index in [4.69, 9.17) is 11.6 Å². The second-order valence-electron chi connectivity index (χ2n) is 12.5. The number of carbonyl (C=O) groups excluding carboxylic acids is 2. The standard InChI is InChI=1S/C38H42ClN3O4S/c1-27-16-18-35(19-17-27)47(45,46)42(34-21-28(2)20-29(3)22-34)26-37(43)41(25-31-12-9-13-32(39)23-31)36(24-30-10-5-4-6-11-30)38(44)40-33-14-7-8-15-33/h4-6,9-13,16-23,33,36H,7-8,14-15,24-26H2,1-3H3,(H,40,44)/t36-/m0/s1. The summed E-state index contributed by atoms with van der Waals surface area (Å²) in [6.45, 7) is 5.24. The lowest BCUT2D eigenvalue weighted by Gasteiger charge is -2.34. The molecule has 1 atom stereocenters. The molecule has 0 spiro atoms. The van der Waals surface area contributed by atoms with Crippen LogP contribution in [0.5, 0.6) is 0 Å². The van der Waals surface area contributed by atoms with Crippen molar-refractivity contribution in [1.82, 2.24) is 10.2 Å². The van der Waals surface area contributed by atoms with Crippen molar-refractivity contribution in [2.75, 3.05) is 10.8 Å². The number of aryl methyl sites for hydroxylation is 3. The molecule has 1 aliphatic rings. The van der Waals surface area contributed by atoms with Gasteiger partial charge in [0.05, 0.1) is 10.6 Å². The normalized spacial score (nSPS) is 14.0. The molecule has 2 amide bonds. The molecule has 0 bridgehead atoms. The van der Waals surface area contributed by atoms with Crippen LogP contribution in [0.1, 0.15) is 53.5 Å². The zero-order chi connectivity index (χ0) is 33.6. The third-order valence-corrected chi connectivity index (χ3v) is 10.6. The first-order valence-electron chi connectivity index (χ1n) is 16.1. The number of sulfonamides is 1. The van der Waals surface area contributed by atoms with Gasteiger partial charge in [-0.1, -0.05) is 90.7 Å². The molecule has 1 saturated carbocycles. The van der Waals surface area contributed by atoms with Gasteiger partial charge in [-0.2, -0.15) is 0 Å². The average Bonchev–Trinajstić information content (AvgIpc) is 3.54. The van der Waals surface area contributed by atoms with E-state index < -0.39 is 28.5 Å². The minimum absolute atomic E-state index is 0.0394. The van der Waals surface area contributed by atoms with Crippen LogP contribution >= 0.6 is 11.6 Å². The van der Waals surface area contributed by atoms with Crippen LogP contribution in [0.3, 0.4) is 0 Å². The number of nitrogens with one attached hydrogen (secondary N) is 1. The quantitative estimate of drug-likeness (QED) is 0.173. The van der Waals surface area contributed by atoms with Crippen LogP contribution in [0, 0.1) is 20.8 Å². The maximum Gasteiger partial charge on any atom is 0.264 e. The third kappa shape index (κ3) is 8.82. The molecule has 9 heteroatoms. The zero-order valence-electron chi connectivity index (χ0n) is 27.2. The Hall–Kier alpha value is -4.14. The van der Waals surface area contributed by atoms with Crippen molar-refractivity contribution in [3.8, 4) is 0 Å². The van der Waals surface area contributed by atoms with Crippen molar-refractivity contribution in [3.05, 3.63) is 130 Å². The Bertz CT molecular complexity index is 1790. The summed E-state index contributed by atoms with van der Waals surface area (Å²) in [5.74, 6) is -0.752. The maximum atomic E-state index is 14.7. The van der Waals surface area contributed by atoms with Crippen molar-refractivity contribution in [3.63, 3.8) is 0 Å². The summed E-state index contributed by atoms with van der Waals surface area (Å²) < 4.78 is 29.8. The first kappa shape index (κ1) is 34.2. The molecule has 0 heterocycles. The highest BCUT2D eigenvalue weighted by Crippen LogP contribution is 2.28. The van der Waals surface area contributed by atoms with Gasteiger partial charge in [-0.25, -0.2) is 8.42 Å². The van der Waals surface area contributed by atoms with Crippen molar-refractivity contribution in [2.24, 2.45) is 0 Å². The molecule has 4 aromatic rings. The Morgan fingerprint density at radius 1 is 0.809 bits per heavy atom. The third-order valence-electron chi connectivity index (χ3n) is 8.60. The second kappa shape index (κ2) is 15.2. The highest BCUT2D eigenvalue weighted by atomic mass is 35.5. The Balaban J connectivity index is 1.58. The minimum atomic E-state index is -4.17. The van der Waals surface area contributed by atoms with E-state index in [1.807, 2.05) is 63.2 Å². The molecule has 0 aliphatic heterocycles. The smallest absolute Gasteiger partial charge is 0.264 e. The molecule has 0 aromatic heterocycles. The summed E-state index contributed by atoms with van der Waals surface area (Å²) >= 11 is 6.36. The van der Waals surface area contributed by atoms with E-state index in [1.54, 1.807) is 54.6 Å². The van der Waals surface area contributed by atoms with E-state index in [9.17, 15) is 18.0 Å². The van der Waals surface area contributed by atoms with E-state index in [1.165, 1.54) is 9.21 Å². The van der Waals surface area contributed by atoms with Crippen molar-refractivity contribution >= 4 is 39.1 Å². The van der Waals surface area contributed by atoms with Gasteiger partial charge in [0.25, 0.3) is 10.0 Å². The fourth-order valence-corrected chi connectivity index (χ4v) is 7.83. The van der Waals surface area contributed by atoms with Crippen LogP contribution in [0.2, 0.25) is 5.02 Å². The molecule has 47 heavy (non-hydrogen) atoms. The molecule has 1 aliphatic carbocycles. The fourth-order valence-electron chi connectivity index (χ4n) is 6.21. The van der Waals surface area contributed by atoms with Crippen LogP contribution in [-0.2, 0) is 32.6 Å². The largest absolute Gasteiger partial charge is 0.352 e. The van der Waals surface area contributed by atoms with E-state index in [0.29, 0.717) is 10.7 Å². The summed E-state index contributed by atoms with van der Waals surface area (Å²) in [6, 6.07) is 28.0. The molecule has 1 fully saturated rings. The number of halogens is 1. The van der Waals surface area contributed by atoms with Crippen LogP contribution < -0.4 is 9.62 Å². The van der Waals surface area contributed by atoms with Crippen molar-refractivity contribution in [1.29, 1.82) is 0 Å². The molecule has 0 unspecified atom stereocenters. The van der Waals surface area contributed by atoms with Gasteiger partial charge >= 0.3 is 0 Å². The summed E-state index contributed by atoms with van der Waals surface area (Å²) in [6.07, 6.45) is 4.13. The fraction of sp³-hybridized carbons (Fsp3) is 0.316. The predicted octanol–water partition coefficient (Wildman–Crippen LogP) is 7.16. The number of benzene rings is 4. The van der Waals surface area contributed by atoms with Crippen LogP contribution in [-0.4, -0.2) is 43.8 Å². The Labute approximate surface area is 283 Å². The van der Waals surface area contributed by atoms with E-state index in [2.05, 4.69) is 5.32 Å². The van der Waals surface area contributed by atoms with Crippen molar-refractivity contribution < 1.29 is 18.0 Å². The monoisotopic (exact) mass is 671 g/mol. The number of rotatable bonds is 12. The lowest BCUT2D eigenvalue weighted by Crippen LogP contribution is -2.54. The van der Waals surface area contributed by atoms with Crippen molar-refractivity contribution in [2.45, 2.75) is 76.4 Å². The Kier molecular flexibility index (Phi) is 11.0. The number of hydrogen-bond donors (Lipinski definition) is 1. The van der Waals surface area contributed by atoms with Gasteiger partial charge in [0.2, 0.25) is 11.8 Å². The predicted molar refractivity (Wildman–Crippen MR) is 188 cm³/mol. The minimum Gasteiger partial charge on any atom is -0.352 e. The van der Waals surface area contributed by atoms with Gasteiger partial charge < -0.3 is 10.2 Å². The van der Waals surface area contributed by atoms with Crippen LogP contribution in [0.15, 0.2) is 102 Å². The Morgan fingerprint density at radius 2 is 1.45 bits per heavy atom. The number of carbonyl (C=O) groups is 2. The summed E-state index contributed by atoms with van der Waals surface area (Å²) in [5.41, 5.74) is 4.66.